The van der Waals surface area contributed by atoms with Crippen LogP contribution in [0.1, 0.15) is 45.3 Å². The lowest BCUT2D eigenvalue weighted by Crippen LogP contribution is -2.60. The molecule has 0 spiro atoms. The Kier molecular flexibility index (Phi) is 7.65. The lowest BCUT2D eigenvalue weighted by Gasteiger charge is -2.31. The van der Waals surface area contributed by atoms with E-state index in [1.54, 1.807) is 35.2 Å². The van der Waals surface area contributed by atoms with Gasteiger partial charge >= 0.3 is 17.2 Å². The van der Waals surface area contributed by atoms with E-state index in [4.69, 9.17) is 26.2 Å². The van der Waals surface area contributed by atoms with Crippen LogP contribution in [0.4, 0.5) is 5.69 Å². The number of halogens is 1. The fourth-order valence-corrected chi connectivity index (χ4v) is 5.30. The first-order valence-corrected chi connectivity index (χ1v) is 12.8. The van der Waals surface area contributed by atoms with Crippen LogP contribution in [0.3, 0.4) is 0 Å². The molecule has 1 aromatic heterocycles. The average Bonchev–Trinajstić information content (AvgIpc) is 2.83. The van der Waals surface area contributed by atoms with E-state index in [0.717, 1.165) is 18.6 Å². The molecule has 0 bridgehead atoms. The minimum absolute atomic E-state index is 0.143. The van der Waals surface area contributed by atoms with Crippen molar-refractivity contribution in [3.63, 3.8) is 0 Å². The summed E-state index contributed by atoms with van der Waals surface area (Å²) in [5.74, 6) is 0.366. The number of esters is 1. The summed E-state index contributed by atoms with van der Waals surface area (Å²) >= 11 is 8.14. The van der Waals surface area contributed by atoms with Gasteiger partial charge in [-0.3, -0.25) is 19.4 Å². The van der Waals surface area contributed by atoms with Crippen molar-refractivity contribution in [2.24, 2.45) is 0 Å². The van der Waals surface area contributed by atoms with Gasteiger partial charge in [-0.25, -0.2) is 4.90 Å². The van der Waals surface area contributed by atoms with Crippen LogP contribution in [0.2, 0.25) is 5.02 Å². The van der Waals surface area contributed by atoms with Crippen LogP contribution < -0.4 is 24.6 Å². The van der Waals surface area contributed by atoms with Crippen molar-refractivity contribution >= 4 is 40.9 Å². The van der Waals surface area contributed by atoms with E-state index in [1.165, 1.54) is 43.5 Å². The highest BCUT2D eigenvalue weighted by molar-refractivity contribution is 7.99. The van der Waals surface area contributed by atoms with Gasteiger partial charge in [0.15, 0.2) is 11.5 Å². The molecule has 2 heterocycles. The van der Waals surface area contributed by atoms with Gasteiger partial charge in [-0.1, -0.05) is 48.8 Å². The van der Waals surface area contributed by atoms with Crippen molar-refractivity contribution < 1.29 is 23.7 Å². The van der Waals surface area contributed by atoms with Crippen molar-refractivity contribution in [1.82, 2.24) is 10.1 Å². The van der Waals surface area contributed by atoms with Gasteiger partial charge in [0.1, 0.15) is 0 Å². The van der Waals surface area contributed by atoms with Gasteiger partial charge in [0.05, 0.1) is 28.9 Å². The number of amides is 1. The van der Waals surface area contributed by atoms with Crippen molar-refractivity contribution in [3.05, 3.63) is 57.3 Å². The Morgan fingerprint density at radius 1 is 1.22 bits per heavy atom. The summed E-state index contributed by atoms with van der Waals surface area (Å²) in [5.41, 5.74) is 1.54. The summed E-state index contributed by atoms with van der Waals surface area (Å²) in [6, 6.07) is 10.2. The number of H-pyrrole nitrogens is 1. The molecule has 0 saturated carbocycles. The highest BCUT2D eigenvalue weighted by Crippen LogP contribution is 2.42. The highest BCUT2D eigenvalue weighted by Gasteiger charge is 2.46. The number of anilines is 1. The van der Waals surface area contributed by atoms with Gasteiger partial charge in [-0.15, -0.1) is 0 Å². The molecule has 0 aliphatic carbocycles. The number of fused-ring (bicyclic) bond motifs is 3. The van der Waals surface area contributed by atoms with E-state index in [-0.39, 0.29) is 28.0 Å². The van der Waals surface area contributed by atoms with Gasteiger partial charge in [-0.2, -0.15) is 0 Å². The summed E-state index contributed by atoms with van der Waals surface area (Å²) in [5, 5.41) is 5.39. The Labute approximate surface area is 217 Å². The molecule has 36 heavy (non-hydrogen) atoms. The summed E-state index contributed by atoms with van der Waals surface area (Å²) in [4.78, 5) is 42.4. The summed E-state index contributed by atoms with van der Waals surface area (Å²) in [6.45, 7) is 4.81. The molecule has 0 fully saturated rings. The maximum absolute atomic E-state index is 13.4. The first kappa shape index (κ1) is 25.7. The molecule has 1 aliphatic rings. The molecule has 1 atom stereocenters. The zero-order valence-corrected chi connectivity index (χ0v) is 21.9. The SMILES string of the molecule is CCCCSc1n[n+]2c(c(=O)[nH]1)-c1ccccc1N(C(C)=O)[C@@H]2c1cc(OC)c(OC(C)=O)cc1Cl. The molecule has 3 aromatic rings. The fraction of sp³-hybridized carbons (Fsp3) is 0.320. The number of methoxy groups -OCH3 is 1. The van der Waals surface area contributed by atoms with Crippen molar-refractivity contribution in [1.29, 1.82) is 0 Å². The van der Waals surface area contributed by atoms with E-state index in [1.807, 2.05) is 0 Å². The Hall–Kier alpha value is -3.37. The topological polar surface area (TPSA) is 105 Å². The summed E-state index contributed by atoms with van der Waals surface area (Å²) in [7, 11) is 1.44. The molecule has 0 radical (unpaired) electrons. The lowest BCUT2D eigenvalue weighted by atomic mass is 10.0. The number of para-hydroxylation sites is 1. The Morgan fingerprint density at radius 3 is 2.64 bits per heavy atom. The molecule has 4 rings (SSSR count). The van der Waals surface area contributed by atoms with Crippen LogP contribution >= 0.6 is 23.4 Å². The first-order valence-electron chi connectivity index (χ1n) is 11.4. The third-order valence-electron chi connectivity index (χ3n) is 5.65. The number of carbonyl (C=O) groups is 2. The van der Waals surface area contributed by atoms with Crippen LogP contribution in [0.25, 0.3) is 11.3 Å². The van der Waals surface area contributed by atoms with E-state index in [2.05, 4.69) is 11.9 Å². The Balaban J connectivity index is 2.00. The number of aromatic nitrogens is 3. The van der Waals surface area contributed by atoms with Gasteiger partial charge in [0.25, 0.3) is 6.17 Å². The number of unbranched alkanes of at least 4 members (excludes halogenated alkanes) is 1. The number of carbonyl (C=O) groups excluding carboxylic acids is 2. The molecular weight excluding hydrogens is 504 g/mol. The summed E-state index contributed by atoms with van der Waals surface area (Å²) in [6.07, 6.45) is 1.07. The standard InChI is InChI=1S/C25H25ClN4O5S/c1-5-6-11-36-25-27-23(33)22-16-9-7-8-10-19(16)29(14(2)31)24(30(22)28-25)17-12-20(34-4)21(13-18(17)26)35-15(3)32/h7-10,12-13,24H,5-6,11H2,1-4H3/p+1/t24-/m0/s1. The van der Waals surface area contributed by atoms with Crippen LogP contribution in [0.5, 0.6) is 11.5 Å². The number of nitrogens with zero attached hydrogens (tertiary/aromatic N) is 3. The van der Waals surface area contributed by atoms with Crippen molar-refractivity contribution in [2.75, 3.05) is 17.8 Å². The van der Waals surface area contributed by atoms with Crippen molar-refractivity contribution in [3.8, 4) is 22.8 Å². The minimum Gasteiger partial charge on any atom is -0.493 e. The fourth-order valence-electron chi connectivity index (χ4n) is 4.11. The molecule has 1 N–H and O–H groups in total. The zero-order valence-electron chi connectivity index (χ0n) is 20.3. The number of aromatic amines is 1. The average molecular weight is 530 g/mol. The maximum Gasteiger partial charge on any atom is 0.325 e. The van der Waals surface area contributed by atoms with Crippen molar-refractivity contribution in [2.45, 2.75) is 44.9 Å². The third-order valence-corrected chi connectivity index (χ3v) is 6.93. The maximum atomic E-state index is 13.4. The Bertz CT molecular complexity index is 1390. The molecule has 11 heteroatoms. The lowest BCUT2D eigenvalue weighted by molar-refractivity contribution is -0.763. The van der Waals surface area contributed by atoms with E-state index in [0.29, 0.717) is 27.7 Å². The molecule has 2 aromatic carbocycles. The van der Waals surface area contributed by atoms with E-state index >= 15 is 0 Å². The Morgan fingerprint density at radius 2 is 1.97 bits per heavy atom. The van der Waals surface area contributed by atoms with Gasteiger partial charge < -0.3 is 9.47 Å². The molecule has 1 aliphatic heterocycles. The molecule has 0 saturated heterocycles. The monoisotopic (exact) mass is 529 g/mol. The van der Waals surface area contributed by atoms with Crippen LogP contribution in [0.15, 0.2) is 46.3 Å². The second-order valence-corrected chi connectivity index (χ2v) is 9.64. The summed E-state index contributed by atoms with van der Waals surface area (Å²) < 4.78 is 12.2. The molecule has 1 amide bonds. The number of rotatable bonds is 7. The van der Waals surface area contributed by atoms with E-state index in [9.17, 15) is 14.4 Å². The van der Waals surface area contributed by atoms with Gasteiger partial charge in [0, 0.05) is 30.8 Å². The number of hydrogen-bond donors (Lipinski definition) is 1. The van der Waals surface area contributed by atoms with Crippen LogP contribution in [-0.4, -0.2) is 34.8 Å². The smallest absolute Gasteiger partial charge is 0.325 e. The largest absolute Gasteiger partial charge is 0.493 e. The molecule has 188 valence electrons. The second-order valence-electron chi connectivity index (χ2n) is 8.15. The molecule has 9 nitrogen and oxygen atoms in total. The van der Waals surface area contributed by atoms with Gasteiger partial charge in [-0.05, 0) is 29.3 Å². The normalized spacial score (nSPS) is 14.1. The van der Waals surface area contributed by atoms with E-state index < -0.39 is 12.1 Å². The minimum atomic E-state index is -0.895. The number of thioether (sulfide) groups is 1. The van der Waals surface area contributed by atoms with Gasteiger partial charge in [0.2, 0.25) is 11.1 Å². The number of ether oxygens (including phenoxy) is 2. The highest BCUT2D eigenvalue weighted by atomic mass is 35.5. The second kappa shape index (κ2) is 10.7. The van der Waals surface area contributed by atoms with Crippen LogP contribution in [0, 0.1) is 0 Å². The predicted octanol–water partition coefficient (Wildman–Crippen LogP) is 4.12. The third kappa shape index (κ3) is 4.83. The quantitative estimate of drug-likeness (QED) is 0.161. The molecule has 0 unspecified atom stereocenters. The van der Waals surface area contributed by atoms with Crippen LogP contribution in [-0.2, 0) is 9.59 Å². The molecular formula is C25H26ClN4O5S+. The number of nitrogens with one attached hydrogen (secondary N) is 1. The number of hydrogen-bond acceptors (Lipinski definition) is 7. The number of benzene rings is 2. The predicted molar refractivity (Wildman–Crippen MR) is 137 cm³/mol. The zero-order chi connectivity index (χ0) is 26.0. The first-order chi connectivity index (χ1) is 17.3.